The molecule has 0 amide bonds. The van der Waals surface area contributed by atoms with Crippen molar-refractivity contribution in [3.05, 3.63) is 75.3 Å². The number of aryl methyl sites for hydroxylation is 2. The zero-order valence-corrected chi connectivity index (χ0v) is 17.3. The Bertz CT molecular complexity index is 694. The van der Waals surface area contributed by atoms with Crippen LogP contribution in [0.1, 0.15) is 41.5 Å². The molecule has 1 aliphatic carbocycles. The Kier molecular flexibility index (Phi) is 8.21. The fourth-order valence-corrected chi connectivity index (χ4v) is 3.65. The number of rotatable bonds is 5. The van der Waals surface area contributed by atoms with Crippen LogP contribution in [0.3, 0.4) is 0 Å². The summed E-state index contributed by atoms with van der Waals surface area (Å²) in [6, 6.07) is 15.6. The average Bonchev–Trinajstić information content (AvgIpc) is 2.81. The minimum Gasteiger partial charge on any atom is -0.298 e. The van der Waals surface area contributed by atoms with Crippen molar-refractivity contribution in [3.8, 4) is 0 Å². The van der Waals surface area contributed by atoms with Gasteiger partial charge in [0.05, 0.1) is 0 Å². The van der Waals surface area contributed by atoms with Gasteiger partial charge in [-0.25, -0.2) is 0 Å². The van der Waals surface area contributed by atoms with Crippen molar-refractivity contribution in [1.82, 2.24) is 4.90 Å². The largest absolute Gasteiger partial charge is 0.298 e. The van der Waals surface area contributed by atoms with Crippen molar-refractivity contribution in [2.45, 2.75) is 38.6 Å². The Balaban J connectivity index is 0.00000225. The van der Waals surface area contributed by atoms with Crippen LogP contribution in [-0.4, -0.2) is 18.5 Å². The lowest BCUT2D eigenvalue weighted by Crippen LogP contribution is -2.17. The summed E-state index contributed by atoms with van der Waals surface area (Å²) in [5.74, 6) is 0. The fraction of sp³-hybridized carbons (Fsp3) is 0.364. The lowest BCUT2D eigenvalue weighted by atomic mass is 10.00. The van der Waals surface area contributed by atoms with Gasteiger partial charge in [-0.3, -0.25) is 4.90 Å². The highest BCUT2D eigenvalue weighted by Gasteiger charge is 2.09. The second-order valence-electron chi connectivity index (χ2n) is 6.81. The molecule has 0 bridgehead atoms. The van der Waals surface area contributed by atoms with Crippen LogP contribution in [0.2, 0.25) is 0 Å². The minimum absolute atomic E-state index is 0. The van der Waals surface area contributed by atoms with Gasteiger partial charge in [0.1, 0.15) is 0 Å². The summed E-state index contributed by atoms with van der Waals surface area (Å²) in [5, 5.41) is 0. The second-order valence-corrected chi connectivity index (χ2v) is 7.73. The first-order valence-electron chi connectivity index (χ1n) is 8.92. The van der Waals surface area contributed by atoms with Gasteiger partial charge in [0.15, 0.2) is 0 Å². The number of benzene rings is 2. The third kappa shape index (κ3) is 6.29. The first kappa shape index (κ1) is 20.2. The van der Waals surface area contributed by atoms with Crippen molar-refractivity contribution in [2.24, 2.45) is 0 Å². The summed E-state index contributed by atoms with van der Waals surface area (Å²) in [7, 11) is 2.19. The van der Waals surface area contributed by atoms with Crippen LogP contribution >= 0.6 is 28.3 Å². The standard InChI is InChI=1S/C22H26BrN.ClH/c1-24(15-5-6-18-10-13-22(23)14-11-18)17-19-9-12-20-7-3-2-4-8-21(20)16-19;/h5-6,9-14,16H,2-4,7-8,15,17H2,1H3;1H/b6-5+;. The molecular formula is C22H27BrClN. The van der Waals surface area contributed by atoms with E-state index >= 15 is 0 Å². The number of hydrogen-bond acceptors (Lipinski definition) is 1. The van der Waals surface area contributed by atoms with Crippen LogP contribution in [-0.2, 0) is 19.4 Å². The van der Waals surface area contributed by atoms with E-state index in [0.29, 0.717) is 0 Å². The topological polar surface area (TPSA) is 3.24 Å². The smallest absolute Gasteiger partial charge is 0.0234 e. The molecule has 0 saturated carbocycles. The van der Waals surface area contributed by atoms with Crippen LogP contribution < -0.4 is 0 Å². The predicted molar refractivity (Wildman–Crippen MR) is 114 cm³/mol. The Labute approximate surface area is 166 Å². The van der Waals surface area contributed by atoms with Crippen molar-refractivity contribution in [1.29, 1.82) is 0 Å². The Morgan fingerprint density at radius 3 is 2.44 bits per heavy atom. The maximum absolute atomic E-state index is 3.47. The first-order chi connectivity index (χ1) is 11.7. The minimum atomic E-state index is 0. The normalized spacial score (nSPS) is 14.2. The molecule has 25 heavy (non-hydrogen) atoms. The molecular weight excluding hydrogens is 394 g/mol. The van der Waals surface area contributed by atoms with Gasteiger partial charge in [0.25, 0.3) is 0 Å². The summed E-state index contributed by atoms with van der Waals surface area (Å²) in [6.07, 6.45) is 11.0. The molecule has 1 aliphatic rings. The molecule has 0 heterocycles. The van der Waals surface area contributed by atoms with Crippen LogP contribution in [0.15, 0.2) is 53.0 Å². The molecule has 0 aliphatic heterocycles. The summed E-state index contributed by atoms with van der Waals surface area (Å²) in [4.78, 5) is 2.37. The highest BCUT2D eigenvalue weighted by atomic mass is 79.9. The van der Waals surface area contributed by atoms with Gasteiger partial charge in [-0.2, -0.15) is 0 Å². The maximum atomic E-state index is 3.47. The summed E-state index contributed by atoms with van der Waals surface area (Å²) < 4.78 is 1.12. The molecule has 0 spiro atoms. The van der Waals surface area contributed by atoms with E-state index in [1.807, 2.05) is 0 Å². The molecule has 0 radical (unpaired) electrons. The lowest BCUT2D eigenvalue weighted by Gasteiger charge is -2.16. The average molecular weight is 421 g/mol. The van der Waals surface area contributed by atoms with Crippen LogP contribution in [0.25, 0.3) is 6.08 Å². The van der Waals surface area contributed by atoms with E-state index in [4.69, 9.17) is 0 Å². The van der Waals surface area contributed by atoms with Crippen molar-refractivity contribution in [3.63, 3.8) is 0 Å². The maximum Gasteiger partial charge on any atom is 0.0234 e. The number of hydrogen-bond donors (Lipinski definition) is 0. The van der Waals surface area contributed by atoms with E-state index in [1.54, 1.807) is 11.1 Å². The molecule has 3 heteroatoms. The van der Waals surface area contributed by atoms with E-state index in [0.717, 1.165) is 17.6 Å². The molecule has 0 saturated heterocycles. The summed E-state index contributed by atoms with van der Waals surface area (Å²) in [5.41, 5.74) is 5.85. The van der Waals surface area contributed by atoms with Crippen molar-refractivity contribution in [2.75, 3.05) is 13.6 Å². The molecule has 2 aromatic rings. The second kappa shape index (κ2) is 10.2. The zero-order chi connectivity index (χ0) is 16.8. The first-order valence-corrected chi connectivity index (χ1v) is 9.71. The van der Waals surface area contributed by atoms with Crippen molar-refractivity contribution < 1.29 is 0 Å². The molecule has 3 rings (SSSR count). The Morgan fingerprint density at radius 2 is 1.68 bits per heavy atom. The quantitative estimate of drug-likeness (QED) is 0.514. The van der Waals surface area contributed by atoms with E-state index in [9.17, 15) is 0 Å². The van der Waals surface area contributed by atoms with Gasteiger partial charge in [0, 0.05) is 17.6 Å². The van der Waals surface area contributed by atoms with E-state index in [2.05, 4.69) is 82.5 Å². The van der Waals surface area contributed by atoms with Gasteiger partial charge in [0.2, 0.25) is 0 Å². The zero-order valence-electron chi connectivity index (χ0n) is 14.9. The number of halogens is 2. The molecule has 0 aromatic heterocycles. The van der Waals surface area contributed by atoms with Gasteiger partial charge in [-0.15, -0.1) is 12.4 Å². The monoisotopic (exact) mass is 419 g/mol. The van der Waals surface area contributed by atoms with E-state index in [-0.39, 0.29) is 12.4 Å². The third-order valence-corrected chi connectivity index (χ3v) is 5.24. The third-order valence-electron chi connectivity index (χ3n) is 4.71. The molecule has 134 valence electrons. The highest BCUT2D eigenvalue weighted by Crippen LogP contribution is 2.22. The Hall–Kier alpha value is -1.09. The molecule has 1 nitrogen and oxygen atoms in total. The van der Waals surface area contributed by atoms with Gasteiger partial charge in [-0.1, -0.05) is 64.8 Å². The fourth-order valence-electron chi connectivity index (χ4n) is 3.38. The van der Waals surface area contributed by atoms with Gasteiger partial charge >= 0.3 is 0 Å². The molecule has 0 N–H and O–H groups in total. The Morgan fingerprint density at radius 1 is 0.960 bits per heavy atom. The van der Waals surface area contributed by atoms with Crippen molar-refractivity contribution >= 4 is 34.4 Å². The van der Waals surface area contributed by atoms with E-state index < -0.39 is 0 Å². The number of nitrogens with zero attached hydrogens (tertiary/aromatic N) is 1. The molecule has 0 fully saturated rings. The van der Waals surface area contributed by atoms with Gasteiger partial charge in [-0.05, 0) is 67.1 Å². The van der Waals surface area contributed by atoms with Crippen LogP contribution in [0.4, 0.5) is 0 Å². The van der Waals surface area contributed by atoms with Crippen LogP contribution in [0, 0.1) is 0 Å². The molecule has 0 unspecified atom stereocenters. The van der Waals surface area contributed by atoms with Gasteiger partial charge < -0.3 is 0 Å². The predicted octanol–water partition coefficient (Wildman–Crippen LogP) is 6.29. The van der Waals surface area contributed by atoms with E-state index in [1.165, 1.54) is 43.2 Å². The highest BCUT2D eigenvalue weighted by molar-refractivity contribution is 9.10. The molecule has 2 aromatic carbocycles. The molecule has 0 atom stereocenters. The number of fused-ring (bicyclic) bond motifs is 1. The summed E-state index contributed by atoms with van der Waals surface area (Å²) in [6.45, 7) is 1.98. The number of likely N-dealkylation sites (N-methyl/N-ethyl adjacent to an activating group) is 1. The summed E-state index contributed by atoms with van der Waals surface area (Å²) >= 11 is 3.47. The lowest BCUT2D eigenvalue weighted by molar-refractivity contribution is 0.364. The SMILES string of the molecule is CN(C/C=C/c1ccc(Br)cc1)Cc1ccc2c(c1)CCCCC2.Cl. The van der Waals surface area contributed by atoms with Crippen LogP contribution in [0.5, 0.6) is 0 Å².